The molecular formula is C19H20N2S. The first-order valence-electron chi connectivity index (χ1n) is 7.73. The molecule has 3 aromatic carbocycles. The van der Waals surface area contributed by atoms with Crippen molar-refractivity contribution in [3.05, 3.63) is 54.6 Å². The fourth-order valence-electron chi connectivity index (χ4n) is 2.57. The third-order valence-electron chi connectivity index (χ3n) is 3.78. The molecular weight excluding hydrogens is 288 g/mol. The van der Waals surface area contributed by atoms with Crippen molar-refractivity contribution in [2.24, 2.45) is 0 Å². The van der Waals surface area contributed by atoms with E-state index in [0.29, 0.717) is 5.11 Å². The van der Waals surface area contributed by atoms with Crippen LogP contribution in [0.15, 0.2) is 54.6 Å². The van der Waals surface area contributed by atoms with Gasteiger partial charge in [-0.2, -0.15) is 0 Å². The fraction of sp³-hybridized carbons (Fsp3) is 0.211. The van der Waals surface area contributed by atoms with Crippen molar-refractivity contribution in [2.45, 2.75) is 19.8 Å². The molecule has 0 aliphatic rings. The molecule has 2 N–H and O–H groups in total. The van der Waals surface area contributed by atoms with Crippen LogP contribution in [0.2, 0.25) is 0 Å². The predicted molar refractivity (Wildman–Crippen MR) is 101 cm³/mol. The van der Waals surface area contributed by atoms with Gasteiger partial charge >= 0.3 is 0 Å². The summed E-state index contributed by atoms with van der Waals surface area (Å²) in [7, 11) is 0. The Kier molecular flexibility index (Phi) is 4.54. The number of thiocarbonyl (C=S) groups is 1. The van der Waals surface area contributed by atoms with E-state index < -0.39 is 0 Å². The largest absolute Gasteiger partial charge is 0.362 e. The minimum absolute atomic E-state index is 0.689. The summed E-state index contributed by atoms with van der Waals surface area (Å²) >= 11 is 5.33. The van der Waals surface area contributed by atoms with Crippen LogP contribution in [-0.2, 0) is 0 Å². The van der Waals surface area contributed by atoms with Crippen LogP contribution in [0.5, 0.6) is 0 Å². The van der Waals surface area contributed by atoms with Gasteiger partial charge in [0.15, 0.2) is 5.11 Å². The maximum Gasteiger partial charge on any atom is 0.170 e. The van der Waals surface area contributed by atoms with Gasteiger partial charge in [-0.3, -0.25) is 0 Å². The molecule has 0 atom stereocenters. The fourth-order valence-corrected chi connectivity index (χ4v) is 2.79. The van der Waals surface area contributed by atoms with Crippen molar-refractivity contribution < 1.29 is 0 Å². The van der Waals surface area contributed by atoms with Gasteiger partial charge < -0.3 is 10.6 Å². The first-order valence-corrected chi connectivity index (χ1v) is 8.14. The second-order valence-corrected chi connectivity index (χ2v) is 5.90. The molecule has 0 bridgehead atoms. The number of nitrogens with one attached hydrogen (secondary N) is 2. The van der Waals surface area contributed by atoms with Crippen LogP contribution in [0.25, 0.3) is 21.5 Å². The average Bonchev–Trinajstić information content (AvgIpc) is 2.53. The molecule has 3 aromatic rings. The van der Waals surface area contributed by atoms with Gasteiger partial charge in [0.25, 0.3) is 0 Å². The SMILES string of the molecule is CCCCNC(=S)Nc1ccc2cc3ccccc3cc2c1. The van der Waals surface area contributed by atoms with Gasteiger partial charge in [-0.15, -0.1) is 0 Å². The number of hydrogen-bond acceptors (Lipinski definition) is 1. The summed E-state index contributed by atoms with van der Waals surface area (Å²) in [5, 5.41) is 12.2. The molecule has 22 heavy (non-hydrogen) atoms. The van der Waals surface area contributed by atoms with Crippen molar-refractivity contribution in [2.75, 3.05) is 11.9 Å². The minimum Gasteiger partial charge on any atom is -0.362 e. The first-order chi connectivity index (χ1) is 10.8. The Morgan fingerprint density at radius 3 is 2.32 bits per heavy atom. The summed E-state index contributed by atoms with van der Waals surface area (Å²) < 4.78 is 0. The number of benzene rings is 3. The molecule has 112 valence electrons. The van der Waals surface area contributed by atoms with Gasteiger partial charge in [-0.05, 0) is 64.4 Å². The second-order valence-electron chi connectivity index (χ2n) is 5.50. The third-order valence-corrected chi connectivity index (χ3v) is 4.02. The zero-order valence-corrected chi connectivity index (χ0v) is 13.5. The van der Waals surface area contributed by atoms with Crippen LogP contribution in [0.4, 0.5) is 5.69 Å². The standard InChI is InChI=1S/C19H20N2S/c1-2-3-10-20-19(22)21-18-9-8-16-11-14-6-4-5-7-15(14)12-17(16)13-18/h4-9,11-13H,2-3,10H2,1H3,(H2,20,21,22). The van der Waals surface area contributed by atoms with E-state index in [1.54, 1.807) is 0 Å². The topological polar surface area (TPSA) is 24.1 Å². The third kappa shape index (κ3) is 3.37. The molecule has 0 spiro atoms. The zero-order chi connectivity index (χ0) is 15.4. The summed E-state index contributed by atoms with van der Waals surface area (Å²) in [5.41, 5.74) is 1.02. The Morgan fingerprint density at radius 1 is 0.909 bits per heavy atom. The summed E-state index contributed by atoms with van der Waals surface area (Å²) in [6.07, 6.45) is 2.30. The molecule has 0 heterocycles. The van der Waals surface area contributed by atoms with Crippen LogP contribution in [0, 0.1) is 0 Å². The predicted octanol–water partition coefficient (Wildman–Crippen LogP) is 5.08. The molecule has 0 unspecified atom stereocenters. The second kappa shape index (κ2) is 6.75. The molecule has 0 aliphatic heterocycles. The molecule has 0 saturated heterocycles. The van der Waals surface area contributed by atoms with Crippen LogP contribution in [0.1, 0.15) is 19.8 Å². The number of anilines is 1. The smallest absolute Gasteiger partial charge is 0.170 e. The summed E-state index contributed by atoms with van der Waals surface area (Å²) in [6, 6.07) is 19.3. The van der Waals surface area contributed by atoms with E-state index in [1.807, 2.05) is 0 Å². The molecule has 0 saturated carbocycles. The number of fused-ring (bicyclic) bond motifs is 2. The maximum absolute atomic E-state index is 5.33. The lowest BCUT2D eigenvalue weighted by atomic mass is 10.0. The first kappa shape index (κ1) is 14.8. The van der Waals surface area contributed by atoms with Crippen molar-refractivity contribution in [1.29, 1.82) is 0 Å². The Hall–Kier alpha value is -2.13. The van der Waals surface area contributed by atoms with Gasteiger partial charge in [-0.1, -0.05) is 43.7 Å². The van der Waals surface area contributed by atoms with Gasteiger partial charge in [0.05, 0.1) is 0 Å². The van der Waals surface area contributed by atoms with E-state index in [2.05, 4.69) is 72.2 Å². The van der Waals surface area contributed by atoms with E-state index >= 15 is 0 Å². The Labute approximate surface area is 136 Å². The summed E-state index contributed by atoms with van der Waals surface area (Å²) in [4.78, 5) is 0. The highest BCUT2D eigenvalue weighted by Crippen LogP contribution is 2.25. The highest BCUT2D eigenvalue weighted by atomic mass is 32.1. The van der Waals surface area contributed by atoms with Crippen molar-refractivity contribution in [3.63, 3.8) is 0 Å². The molecule has 3 heteroatoms. The van der Waals surface area contributed by atoms with Crippen LogP contribution >= 0.6 is 12.2 Å². The highest BCUT2D eigenvalue weighted by molar-refractivity contribution is 7.80. The van der Waals surface area contributed by atoms with E-state index in [9.17, 15) is 0 Å². The van der Waals surface area contributed by atoms with Gasteiger partial charge in [-0.25, -0.2) is 0 Å². The number of unbranched alkanes of at least 4 members (excludes halogenated alkanes) is 1. The summed E-state index contributed by atoms with van der Waals surface area (Å²) in [5.74, 6) is 0. The molecule has 3 rings (SSSR count). The van der Waals surface area contributed by atoms with Crippen LogP contribution in [0.3, 0.4) is 0 Å². The van der Waals surface area contributed by atoms with Gasteiger partial charge in [0.1, 0.15) is 0 Å². The number of rotatable bonds is 4. The Bertz CT molecular complexity index is 811. The normalized spacial score (nSPS) is 10.8. The molecule has 0 amide bonds. The molecule has 0 aliphatic carbocycles. The van der Waals surface area contributed by atoms with Crippen LogP contribution in [-0.4, -0.2) is 11.7 Å². The van der Waals surface area contributed by atoms with E-state index in [1.165, 1.54) is 28.0 Å². The van der Waals surface area contributed by atoms with Crippen molar-refractivity contribution in [3.8, 4) is 0 Å². The Balaban J connectivity index is 1.83. The van der Waals surface area contributed by atoms with E-state index in [-0.39, 0.29) is 0 Å². The lowest BCUT2D eigenvalue weighted by Crippen LogP contribution is -2.29. The van der Waals surface area contributed by atoms with Gasteiger partial charge in [0, 0.05) is 12.2 Å². The number of hydrogen-bond donors (Lipinski definition) is 2. The van der Waals surface area contributed by atoms with E-state index in [4.69, 9.17) is 12.2 Å². The quantitative estimate of drug-likeness (QED) is 0.399. The van der Waals surface area contributed by atoms with Crippen molar-refractivity contribution >= 4 is 44.6 Å². The molecule has 2 nitrogen and oxygen atoms in total. The molecule has 0 aromatic heterocycles. The minimum atomic E-state index is 0.689. The lowest BCUT2D eigenvalue weighted by molar-refractivity contribution is 0.758. The summed E-state index contributed by atoms with van der Waals surface area (Å²) in [6.45, 7) is 3.09. The van der Waals surface area contributed by atoms with Crippen molar-refractivity contribution in [1.82, 2.24) is 5.32 Å². The lowest BCUT2D eigenvalue weighted by Gasteiger charge is -2.11. The average molecular weight is 308 g/mol. The van der Waals surface area contributed by atoms with E-state index in [0.717, 1.165) is 18.7 Å². The monoisotopic (exact) mass is 308 g/mol. The maximum atomic E-state index is 5.33. The molecule has 0 fully saturated rings. The zero-order valence-electron chi connectivity index (χ0n) is 12.7. The van der Waals surface area contributed by atoms with Gasteiger partial charge in [0.2, 0.25) is 0 Å². The van der Waals surface area contributed by atoms with Crippen LogP contribution < -0.4 is 10.6 Å². The Morgan fingerprint density at radius 2 is 1.59 bits per heavy atom. The molecule has 0 radical (unpaired) electrons. The highest BCUT2D eigenvalue weighted by Gasteiger charge is 2.01.